The molecule has 84 valence electrons. The third-order valence-corrected chi connectivity index (χ3v) is 3.90. The van der Waals surface area contributed by atoms with E-state index in [-0.39, 0.29) is 6.04 Å². The quantitative estimate of drug-likeness (QED) is 0.666. The molecule has 0 aromatic carbocycles. The van der Waals surface area contributed by atoms with Crippen LogP contribution in [-0.4, -0.2) is 38.4 Å². The summed E-state index contributed by atoms with van der Waals surface area (Å²) in [6.45, 7) is 3.58. The molecule has 5 nitrogen and oxygen atoms in total. The van der Waals surface area contributed by atoms with Crippen molar-refractivity contribution < 1.29 is 8.42 Å². The molecule has 1 heterocycles. The van der Waals surface area contributed by atoms with Crippen LogP contribution in [0.3, 0.4) is 0 Å². The van der Waals surface area contributed by atoms with Gasteiger partial charge in [0.05, 0.1) is 0 Å². The summed E-state index contributed by atoms with van der Waals surface area (Å²) in [4.78, 5) is 0. The maximum Gasteiger partial charge on any atom is 0.279 e. The van der Waals surface area contributed by atoms with Crippen molar-refractivity contribution >= 4 is 10.2 Å². The van der Waals surface area contributed by atoms with Gasteiger partial charge in [-0.25, -0.2) is 4.72 Å². The zero-order chi connectivity index (χ0) is 10.6. The van der Waals surface area contributed by atoms with Crippen LogP contribution in [0.15, 0.2) is 0 Å². The first-order valence-corrected chi connectivity index (χ1v) is 6.47. The van der Waals surface area contributed by atoms with Gasteiger partial charge in [-0.05, 0) is 26.2 Å². The van der Waals surface area contributed by atoms with Gasteiger partial charge in [-0.3, -0.25) is 0 Å². The van der Waals surface area contributed by atoms with E-state index in [9.17, 15) is 8.42 Å². The van der Waals surface area contributed by atoms with Crippen LogP contribution in [0, 0.1) is 0 Å². The average Bonchev–Trinajstić information content (AvgIpc) is 2.54. The van der Waals surface area contributed by atoms with Crippen LogP contribution in [0.1, 0.15) is 26.2 Å². The van der Waals surface area contributed by atoms with E-state index in [0.717, 1.165) is 12.8 Å². The molecule has 6 heteroatoms. The Morgan fingerprint density at radius 1 is 1.43 bits per heavy atom. The average molecular weight is 221 g/mol. The lowest BCUT2D eigenvalue weighted by Gasteiger charge is -2.16. The van der Waals surface area contributed by atoms with Crippen molar-refractivity contribution in [2.75, 3.05) is 19.6 Å². The van der Waals surface area contributed by atoms with E-state index in [1.165, 1.54) is 4.31 Å². The molecule has 1 atom stereocenters. The molecule has 1 saturated heterocycles. The molecule has 0 aromatic rings. The Balaban J connectivity index is 2.34. The summed E-state index contributed by atoms with van der Waals surface area (Å²) in [5, 5.41) is 0. The Labute approximate surface area is 85.8 Å². The summed E-state index contributed by atoms with van der Waals surface area (Å²) in [5.41, 5.74) is 5.53. The third-order valence-electron chi connectivity index (χ3n) is 2.29. The molecule has 1 aliphatic rings. The van der Waals surface area contributed by atoms with Gasteiger partial charge in [-0.15, -0.1) is 0 Å². The summed E-state index contributed by atoms with van der Waals surface area (Å²) in [5.74, 6) is 0. The second kappa shape index (κ2) is 5.06. The number of nitrogens with one attached hydrogen (secondary N) is 1. The summed E-state index contributed by atoms with van der Waals surface area (Å²) < 4.78 is 27.2. The largest absolute Gasteiger partial charge is 0.328 e. The molecule has 0 radical (unpaired) electrons. The SMILES string of the molecule is CC(N)CCNS(=O)(=O)N1CCCC1. The van der Waals surface area contributed by atoms with Crippen molar-refractivity contribution in [3.63, 3.8) is 0 Å². The highest BCUT2D eigenvalue weighted by Gasteiger charge is 2.24. The Morgan fingerprint density at radius 2 is 2.00 bits per heavy atom. The Kier molecular flexibility index (Phi) is 4.31. The van der Waals surface area contributed by atoms with Gasteiger partial charge >= 0.3 is 0 Å². The number of nitrogens with zero attached hydrogens (tertiary/aromatic N) is 1. The molecule has 0 spiro atoms. The fourth-order valence-electron chi connectivity index (χ4n) is 1.44. The van der Waals surface area contributed by atoms with E-state index in [1.807, 2.05) is 6.92 Å². The lowest BCUT2D eigenvalue weighted by atomic mass is 10.3. The highest BCUT2D eigenvalue weighted by atomic mass is 32.2. The highest BCUT2D eigenvalue weighted by Crippen LogP contribution is 2.10. The predicted octanol–water partition coefficient (Wildman–Crippen LogP) is -0.346. The Morgan fingerprint density at radius 3 is 2.50 bits per heavy atom. The van der Waals surface area contributed by atoms with Crippen LogP contribution in [0.25, 0.3) is 0 Å². The number of rotatable bonds is 5. The lowest BCUT2D eigenvalue weighted by Crippen LogP contribution is -2.40. The Hall–Kier alpha value is -0.170. The minimum atomic E-state index is -3.23. The van der Waals surface area contributed by atoms with Crippen LogP contribution < -0.4 is 10.5 Å². The monoisotopic (exact) mass is 221 g/mol. The summed E-state index contributed by atoms with van der Waals surface area (Å²) in [7, 11) is -3.23. The van der Waals surface area contributed by atoms with Crippen LogP contribution >= 0.6 is 0 Å². The van der Waals surface area contributed by atoms with Gasteiger partial charge in [-0.1, -0.05) is 0 Å². The predicted molar refractivity (Wildman–Crippen MR) is 56.0 cm³/mol. The molecule has 1 aliphatic heterocycles. The lowest BCUT2D eigenvalue weighted by molar-refractivity contribution is 0.462. The second-order valence-electron chi connectivity index (χ2n) is 3.77. The van der Waals surface area contributed by atoms with E-state index in [0.29, 0.717) is 26.1 Å². The molecule has 1 unspecified atom stereocenters. The molecule has 1 fully saturated rings. The molecule has 0 aliphatic carbocycles. The van der Waals surface area contributed by atoms with Gasteiger partial charge in [0.15, 0.2) is 0 Å². The van der Waals surface area contributed by atoms with Gasteiger partial charge in [0.25, 0.3) is 10.2 Å². The third kappa shape index (κ3) is 3.53. The van der Waals surface area contributed by atoms with Crippen LogP contribution in [0.2, 0.25) is 0 Å². The Bertz CT molecular complexity index is 258. The van der Waals surface area contributed by atoms with Gasteiger partial charge in [0.1, 0.15) is 0 Å². The van der Waals surface area contributed by atoms with Crippen LogP contribution in [0.5, 0.6) is 0 Å². The number of hydrogen-bond donors (Lipinski definition) is 2. The maximum atomic E-state index is 11.6. The second-order valence-corrected chi connectivity index (χ2v) is 5.53. The van der Waals surface area contributed by atoms with Gasteiger partial charge in [0.2, 0.25) is 0 Å². The molecule has 0 bridgehead atoms. The van der Waals surface area contributed by atoms with Crippen molar-refractivity contribution in [3.8, 4) is 0 Å². The van der Waals surface area contributed by atoms with E-state index in [2.05, 4.69) is 4.72 Å². The molecule has 1 rings (SSSR count). The van der Waals surface area contributed by atoms with Crippen LogP contribution in [-0.2, 0) is 10.2 Å². The first-order valence-electron chi connectivity index (χ1n) is 5.02. The summed E-state index contributed by atoms with van der Waals surface area (Å²) in [6.07, 6.45) is 2.61. The van der Waals surface area contributed by atoms with E-state index >= 15 is 0 Å². The fourth-order valence-corrected chi connectivity index (χ4v) is 2.73. The molecular formula is C8H19N3O2S. The van der Waals surface area contributed by atoms with E-state index in [4.69, 9.17) is 5.73 Å². The van der Waals surface area contributed by atoms with Crippen molar-refractivity contribution in [2.45, 2.75) is 32.2 Å². The van der Waals surface area contributed by atoms with Crippen molar-refractivity contribution in [2.24, 2.45) is 5.73 Å². The van der Waals surface area contributed by atoms with Gasteiger partial charge in [0, 0.05) is 25.7 Å². The molecule has 0 aromatic heterocycles. The zero-order valence-corrected chi connectivity index (χ0v) is 9.39. The molecule has 3 N–H and O–H groups in total. The van der Waals surface area contributed by atoms with Crippen molar-refractivity contribution in [3.05, 3.63) is 0 Å². The first kappa shape index (κ1) is 11.9. The van der Waals surface area contributed by atoms with Crippen molar-refractivity contribution in [1.82, 2.24) is 9.03 Å². The summed E-state index contributed by atoms with van der Waals surface area (Å²) >= 11 is 0. The smallest absolute Gasteiger partial charge is 0.279 e. The van der Waals surface area contributed by atoms with Crippen molar-refractivity contribution in [1.29, 1.82) is 0 Å². The van der Waals surface area contributed by atoms with Gasteiger partial charge < -0.3 is 5.73 Å². The topological polar surface area (TPSA) is 75.4 Å². The van der Waals surface area contributed by atoms with E-state index < -0.39 is 10.2 Å². The zero-order valence-electron chi connectivity index (χ0n) is 8.57. The number of nitrogens with two attached hydrogens (primary N) is 1. The van der Waals surface area contributed by atoms with Gasteiger partial charge in [-0.2, -0.15) is 12.7 Å². The highest BCUT2D eigenvalue weighted by molar-refractivity contribution is 7.87. The molecule has 14 heavy (non-hydrogen) atoms. The minimum absolute atomic E-state index is 0.0382. The number of hydrogen-bond acceptors (Lipinski definition) is 3. The first-order chi connectivity index (χ1) is 6.52. The fraction of sp³-hybridized carbons (Fsp3) is 1.00. The molecule has 0 amide bonds. The summed E-state index contributed by atoms with van der Waals surface area (Å²) in [6, 6.07) is 0.0382. The minimum Gasteiger partial charge on any atom is -0.328 e. The molecule has 0 saturated carbocycles. The van der Waals surface area contributed by atoms with E-state index in [1.54, 1.807) is 0 Å². The maximum absolute atomic E-state index is 11.6. The normalized spacial score (nSPS) is 21.3. The van der Waals surface area contributed by atoms with Crippen LogP contribution in [0.4, 0.5) is 0 Å². The standard InChI is InChI=1S/C8H19N3O2S/c1-8(9)4-5-10-14(12,13)11-6-2-3-7-11/h8,10H,2-7,9H2,1H3. The molecular weight excluding hydrogens is 202 g/mol.